The Morgan fingerprint density at radius 2 is 1.24 bits per heavy atom. The SMILES string of the molecule is Br.O=CC(=O)NCCCCCCCCCCCCCc1ccccc1. The first kappa shape index (κ1) is 23.8. The molecule has 4 heteroatoms. The van der Waals surface area contributed by atoms with E-state index >= 15 is 0 Å². The predicted octanol–water partition coefficient (Wildman–Crippen LogP) is 5.41. The fraction of sp³-hybridized carbons (Fsp3) is 0.619. The van der Waals surface area contributed by atoms with Crippen LogP contribution in [0.4, 0.5) is 0 Å². The van der Waals surface area contributed by atoms with Gasteiger partial charge < -0.3 is 5.32 Å². The van der Waals surface area contributed by atoms with Gasteiger partial charge in [-0.2, -0.15) is 0 Å². The quantitative estimate of drug-likeness (QED) is 0.238. The highest BCUT2D eigenvalue weighted by atomic mass is 79.9. The maximum absolute atomic E-state index is 10.7. The number of aldehydes is 1. The van der Waals surface area contributed by atoms with Crippen molar-refractivity contribution in [2.45, 2.75) is 77.0 Å². The van der Waals surface area contributed by atoms with E-state index in [1.165, 1.54) is 69.8 Å². The Hall–Kier alpha value is -1.16. The van der Waals surface area contributed by atoms with Gasteiger partial charge in [-0.3, -0.25) is 9.59 Å². The zero-order valence-electron chi connectivity index (χ0n) is 15.4. The second kappa shape index (κ2) is 17.7. The lowest BCUT2D eigenvalue weighted by Crippen LogP contribution is -2.24. The third kappa shape index (κ3) is 14.9. The minimum Gasteiger partial charge on any atom is -0.350 e. The van der Waals surface area contributed by atoms with E-state index in [4.69, 9.17) is 0 Å². The highest BCUT2D eigenvalue weighted by Gasteiger charge is 1.97. The van der Waals surface area contributed by atoms with Gasteiger partial charge in [0.25, 0.3) is 5.91 Å². The third-order valence-corrected chi connectivity index (χ3v) is 4.39. The number of nitrogens with one attached hydrogen (secondary N) is 1. The van der Waals surface area contributed by atoms with Gasteiger partial charge in [0, 0.05) is 6.54 Å². The van der Waals surface area contributed by atoms with Crippen molar-refractivity contribution in [3.8, 4) is 0 Å². The van der Waals surface area contributed by atoms with Crippen molar-refractivity contribution in [1.82, 2.24) is 5.32 Å². The second-order valence-corrected chi connectivity index (χ2v) is 6.53. The Labute approximate surface area is 163 Å². The topological polar surface area (TPSA) is 46.2 Å². The molecule has 0 saturated heterocycles. The molecule has 0 aliphatic heterocycles. The van der Waals surface area contributed by atoms with Crippen LogP contribution in [0.25, 0.3) is 0 Å². The summed E-state index contributed by atoms with van der Waals surface area (Å²) in [6, 6.07) is 10.8. The first-order valence-corrected chi connectivity index (χ1v) is 9.60. The zero-order chi connectivity index (χ0) is 17.3. The van der Waals surface area contributed by atoms with Crippen LogP contribution in [0.15, 0.2) is 30.3 Å². The lowest BCUT2D eigenvalue weighted by atomic mass is 10.0. The van der Waals surface area contributed by atoms with Crippen molar-refractivity contribution in [2.24, 2.45) is 0 Å². The van der Waals surface area contributed by atoms with E-state index in [0.29, 0.717) is 12.8 Å². The Bertz CT molecular complexity index is 437. The molecule has 0 aromatic heterocycles. The smallest absolute Gasteiger partial charge is 0.284 e. The summed E-state index contributed by atoms with van der Waals surface area (Å²) in [7, 11) is 0. The van der Waals surface area contributed by atoms with Gasteiger partial charge in [-0.05, 0) is 24.8 Å². The number of hydrogen-bond acceptors (Lipinski definition) is 2. The highest BCUT2D eigenvalue weighted by Crippen LogP contribution is 2.12. The van der Waals surface area contributed by atoms with Gasteiger partial charge in [0.2, 0.25) is 6.29 Å². The molecular weight excluding hydrogens is 378 g/mol. The highest BCUT2D eigenvalue weighted by molar-refractivity contribution is 8.93. The van der Waals surface area contributed by atoms with Gasteiger partial charge in [-0.25, -0.2) is 0 Å². The van der Waals surface area contributed by atoms with Crippen LogP contribution in [-0.2, 0) is 16.0 Å². The molecule has 0 radical (unpaired) electrons. The minimum absolute atomic E-state index is 0. The monoisotopic (exact) mass is 411 g/mol. The van der Waals surface area contributed by atoms with Crippen molar-refractivity contribution in [3.63, 3.8) is 0 Å². The molecule has 0 saturated carbocycles. The van der Waals surface area contributed by atoms with E-state index in [0.717, 1.165) is 12.8 Å². The van der Waals surface area contributed by atoms with Crippen molar-refractivity contribution in [2.75, 3.05) is 6.54 Å². The maximum Gasteiger partial charge on any atom is 0.284 e. The van der Waals surface area contributed by atoms with E-state index in [-0.39, 0.29) is 17.0 Å². The molecule has 25 heavy (non-hydrogen) atoms. The molecular formula is C21H34BrNO2. The summed E-state index contributed by atoms with van der Waals surface area (Å²) in [4.78, 5) is 20.8. The van der Waals surface area contributed by atoms with Gasteiger partial charge in [-0.15, -0.1) is 17.0 Å². The van der Waals surface area contributed by atoms with Crippen LogP contribution >= 0.6 is 17.0 Å². The lowest BCUT2D eigenvalue weighted by Gasteiger charge is -2.04. The molecule has 3 nitrogen and oxygen atoms in total. The number of carbonyl (C=O) groups is 2. The Morgan fingerprint density at radius 3 is 1.76 bits per heavy atom. The van der Waals surface area contributed by atoms with Crippen LogP contribution in [-0.4, -0.2) is 18.7 Å². The van der Waals surface area contributed by atoms with Gasteiger partial charge >= 0.3 is 0 Å². The molecule has 0 aliphatic rings. The first-order valence-electron chi connectivity index (χ1n) is 9.60. The standard InChI is InChI=1S/C21H33NO2.BrH/c23-19-21(24)22-18-14-9-7-5-3-1-2-4-6-8-11-15-20-16-12-10-13-17-20;/h10,12-13,16-17,19H,1-9,11,14-15,18H2,(H,22,24);1H. The molecule has 1 amide bonds. The Kier molecular flexibility index (Phi) is 16.8. The largest absolute Gasteiger partial charge is 0.350 e. The molecule has 142 valence electrons. The molecule has 0 heterocycles. The third-order valence-electron chi connectivity index (χ3n) is 4.39. The first-order chi connectivity index (χ1) is 11.8. The van der Waals surface area contributed by atoms with Gasteiger partial charge in [0.1, 0.15) is 0 Å². The lowest BCUT2D eigenvalue weighted by molar-refractivity contribution is -0.131. The van der Waals surface area contributed by atoms with Crippen molar-refractivity contribution < 1.29 is 9.59 Å². The molecule has 1 rings (SSSR count). The number of hydrogen-bond donors (Lipinski definition) is 1. The van der Waals surface area contributed by atoms with Crippen LogP contribution in [0.3, 0.4) is 0 Å². The molecule has 1 aromatic carbocycles. The number of aryl methyl sites for hydroxylation is 1. The fourth-order valence-electron chi connectivity index (χ4n) is 2.94. The summed E-state index contributed by atoms with van der Waals surface area (Å²) >= 11 is 0. The fourth-order valence-corrected chi connectivity index (χ4v) is 2.94. The van der Waals surface area contributed by atoms with Crippen molar-refractivity contribution >= 4 is 29.2 Å². The molecule has 0 atom stereocenters. The number of benzene rings is 1. The molecule has 1 N–H and O–H groups in total. The normalized spacial score (nSPS) is 10.1. The molecule has 0 fully saturated rings. The average Bonchev–Trinajstić information content (AvgIpc) is 2.62. The van der Waals surface area contributed by atoms with Crippen LogP contribution in [0.1, 0.15) is 76.2 Å². The molecule has 1 aromatic rings. The van der Waals surface area contributed by atoms with Crippen LogP contribution < -0.4 is 5.32 Å². The van der Waals surface area contributed by atoms with Crippen molar-refractivity contribution in [1.29, 1.82) is 0 Å². The van der Waals surface area contributed by atoms with E-state index in [1.54, 1.807) is 0 Å². The summed E-state index contributed by atoms with van der Waals surface area (Å²) in [5.41, 5.74) is 1.46. The van der Waals surface area contributed by atoms with E-state index < -0.39 is 5.91 Å². The number of halogens is 1. The predicted molar refractivity (Wildman–Crippen MR) is 110 cm³/mol. The van der Waals surface area contributed by atoms with Gasteiger partial charge in [0.05, 0.1) is 0 Å². The maximum atomic E-state index is 10.7. The Balaban J connectivity index is 0.00000576. The summed E-state index contributed by atoms with van der Waals surface area (Å²) in [5, 5.41) is 2.57. The van der Waals surface area contributed by atoms with E-state index in [2.05, 4.69) is 35.6 Å². The summed E-state index contributed by atoms with van der Waals surface area (Å²) < 4.78 is 0. The van der Waals surface area contributed by atoms with Gasteiger partial charge in [-0.1, -0.05) is 88.1 Å². The number of amides is 1. The summed E-state index contributed by atoms with van der Waals surface area (Å²) in [6.45, 7) is 0.626. The average molecular weight is 412 g/mol. The number of rotatable bonds is 15. The van der Waals surface area contributed by atoms with Crippen LogP contribution in [0.2, 0.25) is 0 Å². The second-order valence-electron chi connectivity index (χ2n) is 6.53. The zero-order valence-corrected chi connectivity index (χ0v) is 17.1. The molecule has 0 bridgehead atoms. The molecule has 0 unspecified atom stereocenters. The van der Waals surface area contributed by atoms with E-state index in [1.807, 2.05) is 0 Å². The van der Waals surface area contributed by atoms with Crippen LogP contribution in [0.5, 0.6) is 0 Å². The number of unbranched alkanes of at least 4 members (excludes halogenated alkanes) is 10. The minimum atomic E-state index is -0.501. The van der Waals surface area contributed by atoms with Crippen molar-refractivity contribution in [3.05, 3.63) is 35.9 Å². The molecule has 0 spiro atoms. The molecule has 0 aliphatic carbocycles. The summed E-state index contributed by atoms with van der Waals surface area (Å²) in [6.07, 6.45) is 15.6. The van der Waals surface area contributed by atoms with Crippen LogP contribution in [0, 0.1) is 0 Å². The Morgan fingerprint density at radius 1 is 0.760 bits per heavy atom. The van der Waals surface area contributed by atoms with Gasteiger partial charge in [0.15, 0.2) is 0 Å². The summed E-state index contributed by atoms with van der Waals surface area (Å²) in [5.74, 6) is -0.501. The number of carbonyl (C=O) groups excluding carboxylic acids is 2. The van der Waals surface area contributed by atoms with E-state index in [9.17, 15) is 9.59 Å².